The molecular formula is C31H25IN2O4. The first-order valence-corrected chi connectivity index (χ1v) is 13.1. The van der Waals surface area contributed by atoms with Gasteiger partial charge >= 0.3 is 5.97 Å². The third-order valence-corrected chi connectivity index (χ3v) is 7.13. The van der Waals surface area contributed by atoms with E-state index >= 15 is 0 Å². The molecule has 0 fully saturated rings. The number of esters is 1. The maximum atomic E-state index is 12.7. The Hall–Kier alpha value is -3.98. The van der Waals surface area contributed by atoms with Gasteiger partial charge in [0, 0.05) is 15.3 Å². The van der Waals surface area contributed by atoms with Crippen molar-refractivity contribution in [2.75, 3.05) is 7.11 Å². The van der Waals surface area contributed by atoms with Gasteiger partial charge in [0.2, 0.25) is 5.89 Å². The van der Waals surface area contributed by atoms with E-state index in [1.165, 1.54) is 7.11 Å². The van der Waals surface area contributed by atoms with Gasteiger partial charge < -0.3 is 13.9 Å². The van der Waals surface area contributed by atoms with Crippen LogP contribution in [0.3, 0.4) is 0 Å². The Labute approximate surface area is 234 Å². The zero-order chi connectivity index (χ0) is 26.8. The summed E-state index contributed by atoms with van der Waals surface area (Å²) < 4.78 is 18.1. The van der Waals surface area contributed by atoms with Crippen molar-refractivity contribution in [3.8, 4) is 23.0 Å². The normalized spacial score (nSPS) is 11.3. The number of methoxy groups -OCH3 is 1. The predicted octanol–water partition coefficient (Wildman–Crippen LogP) is 8.00. The molecule has 0 N–H and O–H groups in total. The molecule has 6 nitrogen and oxygen atoms in total. The molecule has 5 aromatic rings. The number of benzene rings is 4. The first-order chi connectivity index (χ1) is 18.3. The fourth-order valence-corrected chi connectivity index (χ4v) is 4.87. The zero-order valence-electron chi connectivity index (χ0n) is 21.4. The number of rotatable bonds is 6. The van der Waals surface area contributed by atoms with Gasteiger partial charge in [-0.1, -0.05) is 24.3 Å². The Kier molecular flexibility index (Phi) is 7.28. The Bertz CT molecular complexity index is 1700. The topological polar surface area (TPSA) is 73.9 Å². The molecule has 4 aromatic carbocycles. The van der Waals surface area contributed by atoms with E-state index in [-0.39, 0.29) is 0 Å². The van der Waals surface area contributed by atoms with Gasteiger partial charge in [-0.25, -0.2) is 9.78 Å². The number of halogens is 1. The fourth-order valence-electron chi connectivity index (χ4n) is 4.26. The maximum Gasteiger partial charge on any atom is 0.344 e. The average molecular weight is 616 g/mol. The second-order valence-electron chi connectivity index (χ2n) is 8.94. The summed E-state index contributed by atoms with van der Waals surface area (Å²) >= 11 is 2.11. The molecule has 7 heteroatoms. The number of hydrogen-bond acceptors (Lipinski definition) is 6. The number of carbonyl (C=O) groups is 1. The number of hydrogen-bond donors (Lipinski definition) is 0. The molecule has 38 heavy (non-hydrogen) atoms. The van der Waals surface area contributed by atoms with Gasteiger partial charge in [-0.05, 0) is 114 Å². The lowest BCUT2D eigenvalue weighted by molar-refractivity contribution is 0.0728. The largest absolute Gasteiger partial charge is 0.493 e. The molecule has 0 bridgehead atoms. The Morgan fingerprint density at radius 3 is 2.58 bits per heavy atom. The molecule has 1 aromatic heterocycles. The van der Waals surface area contributed by atoms with E-state index in [0.717, 1.165) is 48.2 Å². The van der Waals surface area contributed by atoms with Crippen molar-refractivity contribution in [2.24, 2.45) is 4.99 Å². The summed E-state index contributed by atoms with van der Waals surface area (Å²) in [7, 11) is 1.54. The summed E-state index contributed by atoms with van der Waals surface area (Å²) in [5.74, 6) is 0.917. The lowest BCUT2D eigenvalue weighted by Gasteiger charge is -2.11. The van der Waals surface area contributed by atoms with Gasteiger partial charge in [0.25, 0.3) is 0 Å². The van der Waals surface area contributed by atoms with Crippen molar-refractivity contribution in [3.63, 3.8) is 0 Å². The molecule has 0 atom stereocenters. The van der Waals surface area contributed by atoms with Crippen LogP contribution >= 0.6 is 22.6 Å². The van der Waals surface area contributed by atoms with Crippen molar-refractivity contribution in [1.29, 1.82) is 0 Å². The van der Waals surface area contributed by atoms with E-state index in [4.69, 9.17) is 23.9 Å². The Morgan fingerprint density at radius 1 is 0.974 bits per heavy atom. The highest BCUT2D eigenvalue weighted by Crippen LogP contribution is 2.34. The molecule has 0 aliphatic rings. The number of aryl methyl sites for hydroxylation is 2. The second kappa shape index (κ2) is 10.8. The second-order valence-corrected chi connectivity index (χ2v) is 10.1. The molecule has 1 heterocycles. The SMILES string of the molecule is COc1cc(C=Nc2cccc(-c3nc4cc(C)cc(C)c4o3)c2C)ccc1OC(=O)c1ccccc1I. The van der Waals surface area contributed by atoms with Gasteiger partial charge in [-0.15, -0.1) is 0 Å². The van der Waals surface area contributed by atoms with E-state index in [1.54, 1.807) is 30.5 Å². The van der Waals surface area contributed by atoms with Crippen LogP contribution < -0.4 is 9.47 Å². The van der Waals surface area contributed by atoms with E-state index in [0.29, 0.717) is 23.0 Å². The van der Waals surface area contributed by atoms with Crippen LogP contribution in [-0.2, 0) is 0 Å². The van der Waals surface area contributed by atoms with Crippen LogP contribution in [0.1, 0.15) is 32.6 Å². The average Bonchev–Trinajstić information content (AvgIpc) is 3.33. The molecule has 0 radical (unpaired) electrons. The molecule has 0 spiro atoms. The number of aliphatic imine (C=N–C) groups is 1. The lowest BCUT2D eigenvalue weighted by Crippen LogP contribution is -2.11. The first kappa shape index (κ1) is 25.7. The third kappa shape index (κ3) is 5.19. The van der Waals surface area contributed by atoms with Gasteiger partial charge in [0.15, 0.2) is 17.1 Å². The summed E-state index contributed by atoms with van der Waals surface area (Å²) in [5, 5.41) is 0. The molecule has 0 aliphatic heterocycles. The summed E-state index contributed by atoms with van der Waals surface area (Å²) in [6.45, 7) is 6.08. The molecule has 5 rings (SSSR count). The minimum absolute atomic E-state index is 0.342. The monoisotopic (exact) mass is 616 g/mol. The van der Waals surface area contributed by atoms with Crippen LogP contribution in [0, 0.1) is 24.3 Å². The van der Waals surface area contributed by atoms with Crippen molar-refractivity contribution >= 4 is 51.6 Å². The van der Waals surface area contributed by atoms with Crippen molar-refractivity contribution in [3.05, 3.63) is 104 Å². The van der Waals surface area contributed by atoms with E-state index in [2.05, 4.69) is 35.6 Å². The molecule has 190 valence electrons. The molecule has 0 amide bonds. The zero-order valence-corrected chi connectivity index (χ0v) is 23.6. The smallest absolute Gasteiger partial charge is 0.344 e. The van der Waals surface area contributed by atoms with Gasteiger partial charge in [-0.3, -0.25) is 4.99 Å². The highest BCUT2D eigenvalue weighted by molar-refractivity contribution is 14.1. The van der Waals surface area contributed by atoms with Gasteiger partial charge in [0.05, 0.1) is 18.4 Å². The number of ether oxygens (including phenoxy) is 2. The summed E-state index contributed by atoms with van der Waals surface area (Å²) in [5.41, 5.74) is 7.81. The highest BCUT2D eigenvalue weighted by Gasteiger charge is 2.16. The molecule has 0 saturated carbocycles. The van der Waals surface area contributed by atoms with Crippen LogP contribution in [0.5, 0.6) is 11.5 Å². The van der Waals surface area contributed by atoms with Crippen LogP contribution in [0.4, 0.5) is 5.69 Å². The minimum atomic E-state index is -0.438. The predicted molar refractivity (Wildman–Crippen MR) is 158 cm³/mol. The summed E-state index contributed by atoms with van der Waals surface area (Å²) in [6, 6.07) is 22.6. The number of oxazole rings is 1. The first-order valence-electron chi connectivity index (χ1n) is 12.0. The van der Waals surface area contributed by atoms with Crippen molar-refractivity contribution in [2.45, 2.75) is 20.8 Å². The summed E-state index contributed by atoms with van der Waals surface area (Å²) in [4.78, 5) is 22.1. The van der Waals surface area contributed by atoms with Crippen molar-refractivity contribution < 1.29 is 18.7 Å². The van der Waals surface area contributed by atoms with Crippen molar-refractivity contribution in [1.82, 2.24) is 4.98 Å². The number of aromatic nitrogens is 1. The maximum absolute atomic E-state index is 12.7. The van der Waals surface area contributed by atoms with Crippen LogP contribution in [0.15, 0.2) is 82.2 Å². The summed E-state index contributed by atoms with van der Waals surface area (Å²) in [6.07, 6.45) is 1.75. The molecule has 0 aliphatic carbocycles. The van der Waals surface area contributed by atoms with Crippen LogP contribution in [0.2, 0.25) is 0 Å². The Morgan fingerprint density at radius 2 is 1.79 bits per heavy atom. The number of fused-ring (bicyclic) bond motifs is 1. The molecular weight excluding hydrogens is 591 g/mol. The van der Waals surface area contributed by atoms with E-state index < -0.39 is 5.97 Å². The van der Waals surface area contributed by atoms with Crippen LogP contribution in [0.25, 0.3) is 22.6 Å². The fraction of sp³-hybridized carbons (Fsp3) is 0.129. The Balaban J connectivity index is 1.40. The van der Waals surface area contributed by atoms with Crippen LogP contribution in [-0.4, -0.2) is 24.3 Å². The number of carbonyl (C=O) groups excluding carboxylic acids is 1. The standard InChI is InChI=1S/C31H25IN2O4/c1-18-14-19(2)29-26(15-18)34-30(38-29)22-9-7-11-25(20(22)3)33-17-21-12-13-27(28(16-21)36-4)37-31(35)23-8-5-6-10-24(23)32/h5-17H,1-4H3. The van der Waals surface area contributed by atoms with Gasteiger partial charge in [-0.2, -0.15) is 0 Å². The molecule has 0 unspecified atom stereocenters. The number of nitrogens with zero attached hydrogens (tertiary/aromatic N) is 2. The van der Waals surface area contributed by atoms with E-state index in [9.17, 15) is 4.79 Å². The lowest BCUT2D eigenvalue weighted by atomic mass is 10.1. The van der Waals surface area contributed by atoms with E-state index in [1.807, 2.05) is 56.3 Å². The third-order valence-electron chi connectivity index (χ3n) is 6.19. The molecule has 0 saturated heterocycles. The quantitative estimate of drug-likeness (QED) is 0.0837. The minimum Gasteiger partial charge on any atom is -0.493 e. The van der Waals surface area contributed by atoms with Gasteiger partial charge in [0.1, 0.15) is 5.52 Å². The highest BCUT2D eigenvalue weighted by atomic mass is 127.